The van der Waals surface area contributed by atoms with E-state index in [-0.39, 0.29) is 11.3 Å². The Balaban J connectivity index is 2.24. The van der Waals surface area contributed by atoms with Crippen molar-refractivity contribution in [3.05, 3.63) is 70.1 Å². The maximum Gasteiger partial charge on any atom is 0.357 e. The van der Waals surface area contributed by atoms with Gasteiger partial charge in [0.2, 0.25) is 0 Å². The first-order chi connectivity index (χ1) is 12.0. The van der Waals surface area contributed by atoms with Crippen LogP contribution in [0.3, 0.4) is 0 Å². The number of aryl methyl sites for hydroxylation is 2. The fourth-order valence-electron chi connectivity index (χ4n) is 3.26. The molecule has 0 spiro atoms. The van der Waals surface area contributed by atoms with E-state index in [1.54, 1.807) is 23.7 Å². The summed E-state index contributed by atoms with van der Waals surface area (Å²) >= 11 is 0. The molecule has 6 nitrogen and oxygen atoms in total. The van der Waals surface area contributed by atoms with Crippen LogP contribution in [0.2, 0.25) is 0 Å². The van der Waals surface area contributed by atoms with Crippen LogP contribution < -0.4 is 5.56 Å². The summed E-state index contributed by atoms with van der Waals surface area (Å²) in [7, 11) is 1.76. The van der Waals surface area contributed by atoms with Crippen molar-refractivity contribution >= 4 is 27.8 Å². The summed E-state index contributed by atoms with van der Waals surface area (Å²) in [6.45, 7) is 1.90. The molecule has 1 N–H and O–H groups in total. The largest absolute Gasteiger partial charge is 0.476 e. The molecule has 0 aliphatic rings. The number of carbonyl (C=O) groups is 1. The average Bonchev–Trinajstić information content (AvgIpc) is 2.89. The highest BCUT2D eigenvalue weighted by atomic mass is 16.4. The molecule has 0 unspecified atom stereocenters. The van der Waals surface area contributed by atoms with Gasteiger partial charge in [-0.25, -0.2) is 4.79 Å². The van der Waals surface area contributed by atoms with Crippen molar-refractivity contribution in [1.82, 2.24) is 14.3 Å². The summed E-state index contributed by atoms with van der Waals surface area (Å²) < 4.78 is 2.89. The van der Waals surface area contributed by atoms with Crippen LogP contribution in [0.1, 0.15) is 16.1 Å². The van der Waals surface area contributed by atoms with Gasteiger partial charge in [-0.15, -0.1) is 0 Å². The van der Waals surface area contributed by atoms with Crippen molar-refractivity contribution in [2.24, 2.45) is 7.05 Å². The number of aromatic nitrogens is 3. The summed E-state index contributed by atoms with van der Waals surface area (Å²) in [5.74, 6) is -1.16. The standard InChI is InChI=1S/C19H15N3O3/c1-11-6-5-7-12(10-11)22-18(23)17-15(16(20-22)19(24)25)13-8-3-4-9-14(13)21(17)2/h3-10H,1-2H3,(H,24,25). The molecule has 4 rings (SSSR count). The third-order valence-electron chi connectivity index (χ3n) is 4.39. The third-order valence-corrected chi connectivity index (χ3v) is 4.39. The van der Waals surface area contributed by atoms with Crippen LogP contribution in [0.25, 0.3) is 27.5 Å². The monoisotopic (exact) mass is 333 g/mol. The number of fused-ring (bicyclic) bond motifs is 3. The third kappa shape index (κ3) is 2.15. The van der Waals surface area contributed by atoms with Crippen LogP contribution in [0.5, 0.6) is 0 Å². The highest BCUT2D eigenvalue weighted by molar-refractivity contribution is 6.15. The number of hydrogen-bond acceptors (Lipinski definition) is 3. The summed E-state index contributed by atoms with van der Waals surface area (Å²) in [5, 5.41) is 14.9. The SMILES string of the molecule is Cc1cccc(-n2nc(C(=O)O)c3c4ccccc4n(C)c3c2=O)c1. The molecule has 4 aromatic rings. The van der Waals surface area contributed by atoms with Gasteiger partial charge in [0.25, 0.3) is 5.56 Å². The zero-order valence-electron chi connectivity index (χ0n) is 13.7. The number of para-hydroxylation sites is 1. The van der Waals surface area contributed by atoms with Gasteiger partial charge < -0.3 is 9.67 Å². The van der Waals surface area contributed by atoms with Crippen molar-refractivity contribution < 1.29 is 9.90 Å². The predicted octanol–water partition coefficient (Wildman–Crippen LogP) is 2.88. The normalized spacial score (nSPS) is 11.3. The van der Waals surface area contributed by atoms with E-state index < -0.39 is 5.97 Å². The van der Waals surface area contributed by atoms with Crippen LogP contribution in [-0.2, 0) is 7.05 Å². The zero-order chi connectivity index (χ0) is 17.7. The summed E-state index contributed by atoms with van der Waals surface area (Å²) in [4.78, 5) is 24.9. The van der Waals surface area contributed by atoms with Crippen LogP contribution in [0.4, 0.5) is 0 Å². The minimum absolute atomic E-state index is 0.132. The Kier molecular flexibility index (Phi) is 3.21. The smallest absolute Gasteiger partial charge is 0.357 e. The molecule has 0 aliphatic carbocycles. The van der Waals surface area contributed by atoms with E-state index in [0.29, 0.717) is 22.0 Å². The van der Waals surface area contributed by atoms with Gasteiger partial charge in [0.15, 0.2) is 5.69 Å². The van der Waals surface area contributed by atoms with Gasteiger partial charge in [0.05, 0.1) is 5.69 Å². The van der Waals surface area contributed by atoms with E-state index in [1.165, 1.54) is 0 Å². The van der Waals surface area contributed by atoms with Gasteiger partial charge in [-0.1, -0.05) is 30.3 Å². The van der Waals surface area contributed by atoms with Crippen molar-refractivity contribution in [2.45, 2.75) is 6.92 Å². The van der Waals surface area contributed by atoms with Crippen LogP contribution in [0.15, 0.2) is 53.3 Å². The number of carboxylic acids is 1. The van der Waals surface area contributed by atoms with Crippen molar-refractivity contribution in [1.29, 1.82) is 0 Å². The number of aromatic carboxylic acids is 1. The Bertz CT molecular complexity index is 1220. The molecule has 124 valence electrons. The molecule has 0 fully saturated rings. The molecule has 25 heavy (non-hydrogen) atoms. The first-order valence-electron chi connectivity index (χ1n) is 7.80. The quantitative estimate of drug-likeness (QED) is 0.612. The molecule has 2 heterocycles. The molecular formula is C19H15N3O3. The van der Waals surface area contributed by atoms with Crippen LogP contribution >= 0.6 is 0 Å². The van der Waals surface area contributed by atoms with Gasteiger partial charge in [-0.2, -0.15) is 9.78 Å². The fraction of sp³-hybridized carbons (Fsp3) is 0.105. The lowest BCUT2D eigenvalue weighted by Crippen LogP contribution is -2.25. The lowest BCUT2D eigenvalue weighted by Gasteiger charge is -2.08. The molecule has 2 aromatic heterocycles. The Morgan fingerprint density at radius 2 is 1.88 bits per heavy atom. The highest BCUT2D eigenvalue weighted by Crippen LogP contribution is 2.28. The van der Waals surface area contributed by atoms with E-state index in [1.807, 2.05) is 43.3 Å². The van der Waals surface area contributed by atoms with Gasteiger partial charge in [-0.05, 0) is 30.7 Å². The van der Waals surface area contributed by atoms with Gasteiger partial charge >= 0.3 is 5.97 Å². The molecular weight excluding hydrogens is 318 g/mol. The molecule has 0 saturated carbocycles. The Morgan fingerprint density at radius 1 is 1.12 bits per heavy atom. The molecule has 0 bridgehead atoms. The van der Waals surface area contributed by atoms with E-state index >= 15 is 0 Å². The number of benzene rings is 2. The topological polar surface area (TPSA) is 77.1 Å². The van der Waals surface area contributed by atoms with Crippen LogP contribution in [-0.4, -0.2) is 25.4 Å². The molecule has 0 radical (unpaired) electrons. The highest BCUT2D eigenvalue weighted by Gasteiger charge is 2.22. The first-order valence-corrected chi connectivity index (χ1v) is 7.80. The lowest BCUT2D eigenvalue weighted by atomic mass is 10.1. The Labute approximate surface area is 142 Å². The molecule has 2 aromatic carbocycles. The van der Waals surface area contributed by atoms with E-state index in [0.717, 1.165) is 15.8 Å². The van der Waals surface area contributed by atoms with Crippen molar-refractivity contribution in [3.8, 4) is 5.69 Å². The molecule has 0 aliphatic heterocycles. The summed E-state index contributed by atoms with van der Waals surface area (Å²) in [6.07, 6.45) is 0. The first kappa shape index (κ1) is 15.1. The molecule has 0 atom stereocenters. The zero-order valence-corrected chi connectivity index (χ0v) is 13.7. The number of rotatable bonds is 2. The van der Waals surface area contributed by atoms with Gasteiger partial charge in [-0.3, -0.25) is 4.79 Å². The summed E-state index contributed by atoms with van der Waals surface area (Å²) in [5.41, 5.74) is 2.15. The fourth-order valence-corrected chi connectivity index (χ4v) is 3.26. The van der Waals surface area contributed by atoms with Gasteiger partial charge in [0, 0.05) is 23.3 Å². The average molecular weight is 333 g/mol. The summed E-state index contributed by atoms with van der Waals surface area (Å²) in [6, 6.07) is 14.6. The van der Waals surface area contributed by atoms with Crippen LogP contribution in [0, 0.1) is 6.92 Å². The number of hydrogen-bond donors (Lipinski definition) is 1. The maximum absolute atomic E-state index is 13.1. The Morgan fingerprint density at radius 3 is 2.60 bits per heavy atom. The second-order valence-electron chi connectivity index (χ2n) is 6.01. The number of carboxylic acid groups (broad SMARTS) is 1. The second kappa shape index (κ2) is 5.31. The molecule has 6 heteroatoms. The van der Waals surface area contributed by atoms with E-state index in [4.69, 9.17) is 0 Å². The number of nitrogens with zero attached hydrogens (tertiary/aromatic N) is 3. The second-order valence-corrected chi connectivity index (χ2v) is 6.01. The van der Waals surface area contributed by atoms with Crippen molar-refractivity contribution in [2.75, 3.05) is 0 Å². The molecule has 0 amide bonds. The van der Waals surface area contributed by atoms with Gasteiger partial charge in [0.1, 0.15) is 5.52 Å². The Hall–Kier alpha value is -3.41. The van der Waals surface area contributed by atoms with E-state index in [9.17, 15) is 14.7 Å². The minimum Gasteiger partial charge on any atom is -0.476 e. The lowest BCUT2D eigenvalue weighted by molar-refractivity contribution is 0.0691. The predicted molar refractivity (Wildman–Crippen MR) is 95.5 cm³/mol. The van der Waals surface area contributed by atoms with Crippen molar-refractivity contribution in [3.63, 3.8) is 0 Å². The van der Waals surface area contributed by atoms with E-state index in [2.05, 4.69) is 5.10 Å². The molecule has 0 saturated heterocycles. The minimum atomic E-state index is -1.16. The maximum atomic E-state index is 13.1.